The maximum absolute atomic E-state index is 12.3. The summed E-state index contributed by atoms with van der Waals surface area (Å²) in [7, 11) is 0. The number of halogens is 1. The first kappa shape index (κ1) is 17.6. The Hall–Kier alpha value is -1.75. The lowest BCUT2D eigenvalue weighted by molar-refractivity contribution is -0.138. The topological polar surface area (TPSA) is 58.6 Å². The van der Waals surface area contributed by atoms with E-state index in [1.807, 2.05) is 4.90 Å². The molecule has 2 amide bonds. The number of ether oxygens (including phenoxy) is 1. The van der Waals surface area contributed by atoms with Crippen LogP contribution in [0.2, 0.25) is 5.02 Å². The van der Waals surface area contributed by atoms with Crippen LogP contribution in [-0.4, -0.2) is 41.9 Å². The summed E-state index contributed by atoms with van der Waals surface area (Å²) >= 11 is 5.78. The molecule has 0 bridgehead atoms. The zero-order valence-electron chi connectivity index (χ0n) is 13.5. The third kappa shape index (κ3) is 5.13. The quantitative estimate of drug-likeness (QED) is 0.897. The average molecular weight is 339 g/mol. The molecule has 1 fully saturated rings. The summed E-state index contributed by atoms with van der Waals surface area (Å²) in [5, 5.41) is 3.23. The van der Waals surface area contributed by atoms with Gasteiger partial charge in [-0.15, -0.1) is 0 Å². The Kier molecular flexibility index (Phi) is 6.28. The Labute approximate surface area is 141 Å². The van der Waals surface area contributed by atoms with Gasteiger partial charge in [-0.1, -0.05) is 11.6 Å². The van der Waals surface area contributed by atoms with Crippen molar-refractivity contribution in [2.24, 2.45) is 0 Å². The third-order valence-corrected chi connectivity index (χ3v) is 4.35. The van der Waals surface area contributed by atoms with E-state index in [0.717, 1.165) is 19.3 Å². The SMILES string of the molecule is CC1CCCC(C)N1C(=O)CNC(=O)COc1ccc(Cl)cc1. The molecule has 1 aromatic rings. The van der Waals surface area contributed by atoms with Gasteiger partial charge in [-0.2, -0.15) is 0 Å². The summed E-state index contributed by atoms with van der Waals surface area (Å²) in [6.07, 6.45) is 3.18. The van der Waals surface area contributed by atoms with Crippen LogP contribution >= 0.6 is 11.6 Å². The smallest absolute Gasteiger partial charge is 0.258 e. The summed E-state index contributed by atoms with van der Waals surface area (Å²) in [5.74, 6) is 0.212. The van der Waals surface area contributed by atoms with E-state index in [-0.39, 0.29) is 37.0 Å². The molecule has 2 rings (SSSR count). The highest BCUT2D eigenvalue weighted by molar-refractivity contribution is 6.30. The summed E-state index contributed by atoms with van der Waals surface area (Å²) in [5.41, 5.74) is 0. The third-order valence-electron chi connectivity index (χ3n) is 4.10. The lowest BCUT2D eigenvalue weighted by atomic mass is 9.97. The zero-order valence-corrected chi connectivity index (χ0v) is 14.3. The predicted octanol–water partition coefficient (Wildman–Crippen LogP) is 2.62. The molecule has 23 heavy (non-hydrogen) atoms. The number of nitrogens with one attached hydrogen (secondary N) is 1. The number of piperidine rings is 1. The van der Waals surface area contributed by atoms with Gasteiger partial charge in [0.05, 0.1) is 6.54 Å². The number of rotatable bonds is 5. The molecule has 1 aliphatic rings. The minimum absolute atomic E-state index is 0.0114. The van der Waals surface area contributed by atoms with Crippen LogP contribution in [0.3, 0.4) is 0 Å². The molecular formula is C17H23ClN2O3. The lowest BCUT2D eigenvalue weighted by Gasteiger charge is -2.39. The first-order valence-corrected chi connectivity index (χ1v) is 8.31. The number of amides is 2. The van der Waals surface area contributed by atoms with E-state index in [0.29, 0.717) is 10.8 Å². The first-order valence-electron chi connectivity index (χ1n) is 7.93. The van der Waals surface area contributed by atoms with Gasteiger partial charge in [-0.25, -0.2) is 0 Å². The molecule has 6 heteroatoms. The van der Waals surface area contributed by atoms with Crippen LogP contribution in [0.1, 0.15) is 33.1 Å². The largest absolute Gasteiger partial charge is 0.484 e. The van der Waals surface area contributed by atoms with Crippen LogP contribution in [0.4, 0.5) is 0 Å². The van der Waals surface area contributed by atoms with Gasteiger partial charge in [0.15, 0.2) is 6.61 Å². The summed E-state index contributed by atoms with van der Waals surface area (Å²) < 4.78 is 5.35. The molecular weight excluding hydrogens is 316 g/mol. The van der Waals surface area contributed by atoms with E-state index in [9.17, 15) is 9.59 Å². The normalized spacial score (nSPS) is 20.9. The van der Waals surface area contributed by atoms with Gasteiger partial charge < -0.3 is 15.0 Å². The molecule has 1 saturated heterocycles. The van der Waals surface area contributed by atoms with Crippen LogP contribution in [-0.2, 0) is 9.59 Å². The molecule has 0 aromatic heterocycles. The van der Waals surface area contributed by atoms with E-state index in [4.69, 9.17) is 16.3 Å². The van der Waals surface area contributed by atoms with E-state index in [1.165, 1.54) is 0 Å². The average Bonchev–Trinajstić information content (AvgIpc) is 2.52. The van der Waals surface area contributed by atoms with Gasteiger partial charge in [-0.3, -0.25) is 9.59 Å². The van der Waals surface area contributed by atoms with Crippen molar-refractivity contribution in [1.82, 2.24) is 10.2 Å². The number of hydrogen-bond donors (Lipinski definition) is 1. The van der Waals surface area contributed by atoms with E-state index < -0.39 is 0 Å². The Morgan fingerprint density at radius 1 is 1.22 bits per heavy atom. The highest BCUT2D eigenvalue weighted by atomic mass is 35.5. The second-order valence-electron chi connectivity index (χ2n) is 5.95. The minimum Gasteiger partial charge on any atom is -0.484 e. The van der Waals surface area contributed by atoms with Crippen LogP contribution in [0.25, 0.3) is 0 Å². The van der Waals surface area contributed by atoms with Crippen molar-refractivity contribution >= 4 is 23.4 Å². The van der Waals surface area contributed by atoms with Crippen molar-refractivity contribution in [2.45, 2.75) is 45.2 Å². The molecule has 2 unspecified atom stereocenters. The van der Waals surface area contributed by atoms with Gasteiger partial charge in [0, 0.05) is 17.1 Å². The van der Waals surface area contributed by atoms with Crippen molar-refractivity contribution in [2.75, 3.05) is 13.2 Å². The van der Waals surface area contributed by atoms with Crippen molar-refractivity contribution in [3.05, 3.63) is 29.3 Å². The fourth-order valence-electron chi connectivity index (χ4n) is 2.91. The number of nitrogens with zero attached hydrogens (tertiary/aromatic N) is 1. The second-order valence-corrected chi connectivity index (χ2v) is 6.39. The fraction of sp³-hybridized carbons (Fsp3) is 0.529. The van der Waals surface area contributed by atoms with E-state index in [1.54, 1.807) is 24.3 Å². The molecule has 1 N–H and O–H groups in total. The molecule has 1 aliphatic heterocycles. The Bertz CT molecular complexity index is 537. The van der Waals surface area contributed by atoms with Crippen molar-refractivity contribution in [3.63, 3.8) is 0 Å². The van der Waals surface area contributed by atoms with Crippen LogP contribution < -0.4 is 10.1 Å². The Morgan fingerprint density at radius 2 is 1.83 bits per heavy atom. The van der Waals surface area contributed by atoms with Gasteiger partial charge in [0.2, 0.25) is 5.91 Å². The summed E-state index contributed by atoms with van der Waals surface area (Å²) in [6.45, 7) is 4.00. The standard InChI is InChI=1S/C17H23ClN2O3/c1-12-4-3-5-13(2)20(12)17(22)10-19-16(21)11-23-15-8-6-14(18)7-9-15/h6-9,12-13H,3-5,10-11H2,1-2H3,(H,19,21). The summed E-state index contributed by atoms with van der Waals surface area (Å²) in [6, 6.07) is 7.23. The predicted molar refractivity (Wildman–Crippen MR) is 89.6 cm³/mol. The first-order chi connectivity index (χ1) is 11.0. The van der Waals surface area contributed by atoms with Crippen molar-refractivity contribution < 1.29 is 14.3 Å². The van der Waals surface area contributed by atoms with Gasteiger partial charge in [0.25, 0.3) is 5.91 Å². The number of hydrogen-bond acceptors (Lipinski definition) is 3. The van der Waals surface area contributed by atoms with E-state index in [2.05, 4.69) is 19.2 Å². The number of carbonyl (C=O) groups excluding carboxylic acids is 2. The van der Waals surface area contributed by atoms with Crippen LogP contribution in [0.5, 0.6) is 5.75 Å². The number of benzene rings is 1. The monoisotopic (exact) mass is 338 g/mol. The molecule has 0 radical (unpaired) electrons. The van der Waals surface area contributed by atoms with Gasteiger partial charge >= 0.3 is 0 Å². The molecule has 5 nitrogen and oxygen atoms in total. The zero-order chi connectivity index (χ0) is 16.8. The Balaban J connectivity index is 1.75. The molecule has 0 spiro atoms. The maximum Gasteiger partial charge on any atom is 0.258 e. The van der Waals surface area contributed by atoms with Crippen molar-refractivity contribution in [1.29, 1.82) is 0 Å². The van der Waals surface area contributed by atoms with Crippen LogP contribution in [0, 0.1) is 0 Å². The molecule has 0 aliphatic carbocycles. The van der Waals surface area contributed by atoms with Gasteiger partial charge in [0.1, 0.15) is 5.75 Å². The second kappa shape index (κ2) is 8.20. The van der Waals surface area contributed by atoms with Crippen molar-refractivity contribution in [3.8, 4) is 5.75 Å². The molecule has 0 saturated carbocycles. The minimum atomic E-state index is -0.314. The highest BCUT2D eigenvalue weighted by Crippen LogP contribution is 2.22. The maximum atomic E-state index is 12.3. The molecule has 2 atom stereocenters. The van der Waals surface area contributed by atoms with Gasteiger partial charge in [-0.05, 0) is 57.4 Å². The Morgan fingerprint density at radius 3 is 2.43 bits per heavy atom. The van der Waals surface area contributed by atoms with E-state index >= 15 is 0 Å². The fourth-order valence-corrected chi connectivity index (χ4v) is 3.04. The highest BCUT2D eigenvalue weighted by Gasteiger charge is 2.28. The van der Waals surface area contributed by atoms with Crippen LogP contribution in [0.15, 0.2) is 24.3 Å². The number of carbonyl (C=O) groups is 2. The molecule has 1 heterocycles. The summed E-state index contributed by atoms with van der Waals surface area (Å²) in [4.78, 5) is 26.0. The number of likely N-dealkylation sites (tertiary alicyclic amines) is 1. The lowest BCUT2D eigenvalue weighted by Crippen LogP contribution is -2.51. The molecule has 1 aromatic carbocycles. The molecule has 126 valence electrons.